The van der Waals surface area contributed by atoms with Gasteiger partial charge in [-0.05, 0) is 61.1 Å². The van der Waals surface area contributed by atoms with Gasteiger partial charge in [0.25, 0.3) is 0 Å². The second-order valence-electron chi connectivity index (χ2n) is 8.08. The Hall–Kier alpha value is -2.54. The van der Waals surface area contributed by atoms with Crippen LogP contribution >= 0.6 is 0 Å². The zero-order chi connectivity index (χ0) is 22.5. The van der Waals surface area contributed by atoms with Crippen molar-refractivity contribution in [3.05, 3.63) is 59.2 Å². The average Bonchev–Trinajstić information content (AvgIpc) is 2.66. The maximum Gasteiger partial charge on any atom is 0.241 e. The second-order valence-corrected chi connectivity index (χ2v) is 9.99. The van der Waals surface area contributed by atoms with Crippen LogP contribution in [-0.2, 0) is 14.8 Å². The number of amides is 1. The summed E-state index contributed by atoms with van der Waals surface area (Å²) in [4.78, 5) is 12.9. The third-order valence-electron chi connectivity index (χ3n) is 4.88. The lowest BCUT2D eigenvalue weighted by Gasteiger charge is -2.26. The molecule has 7 heteroatoms. The summed E-state index contributed by atoms with van der Waals surface area (Å²) < 4.78 is 31.3. The minimum absolute atomic E-state index is 0.219. The number of rotatable bonds is 9. The smallest absolute Gasteiger partial charge is 0.241 e. The number of aryl methyl sites for hydroxylation is 2. The molecule has 0 aromatic heterocycles. The molecule has 1 amide bonds. The van der Waals surface area contributed by atoms with Crippen molar-refractivity contribution >= 4 is 21.6 Å². The molecule has 2 aromatic carbocycles. The SMILES string of the molecule is COc1ccc([C@H](CC(C)C)NC(=O)CN(c2cc(C)ccc2C)S(C)(=O)=O)cc1. The van der Waals surface area contributed by atoms with Crippen molar-refractivity contribution in [2.75, 3.05) is 24.2 Å². The first-order chi connectivity index (χ1) is 14.0. The number of benzene rings is 2. The van der Waals surface area contributed by atoms with Crippen LogP contribution in [0.2, 0.25) is 0 Å². The van der Waals surface area contributed by atoms with E-state index in [9.17, 15) is 13.2 Å². The Bertz CT molecular complexity index is 969. The number of sulfonamides is 1. The Labute approximate surface area is 180 Å². The molecule has 0 saturated heterocycles. The minimum Gasteiger partial charge on any atom is -0.497 e. The van der Waals surface area contributed by atoms with Crippen LogP contribution in [0.15, 0.2) is 42.5 Å². The largest absolute Gasteiger partial charge is 0.497 e. The Kier molecular flexibility index (Phi) is 7.89. The fourth-order valence-corrected chi connectivity index (χ4v) is 4.23. The maximum absolute atomic E-state index is 12.9. The molecule has 0 spiro atoms. The van der Waals surface area contributed by atoms with E-state index in [0.717, 1.165) is 35.1 Å². The number of anilines is 1. The molecule has 0 aliphatic rings. The van der Waals surface area contributed by atoms with Gasteiger partial charge in [-0.25, -0.2) is 8.42 Å². The zero-order valence-electron chi connectivity index (χ0n) is 18.6. The fourth-order valence-electron chi connectivity index (χ4n) is 3.33. The van der Waals surface area contributed by atoms with E-state index < -0.39 is 10.0 Å². The van der Waals surface area contributed by atoms with Gasteiger partial charge in [-0.3, -0.25) is 9.10 Å². The van der Waals surface area contributed by atoms with E-state index in [4.69, 9.17) is 4.74 Å². The van der Waals surface area contributed by atoms with E-state index in [-0.39, 0.29) is 18.5 Å². The lowest BCUT2D eigenvalue weighted by molar-refractivity contribution is -0.120. The quantitative estimate of drug-likeness (QED) is 0.650. The zero-order valence-corrected chi connectivity index (χ0v) is 19.4. The van der Waals surface area contributed by atoms with Crippen molar-refractivity contribution in [1.82, 2.24) is 5.32 Å². The standard InChI is InChI=1S/C23H32N2O4S/c1-16(2)13-21(19-9-11-20(29-5)12-10-19)24-23(26)15-25(30(6,27)28)22-14-17(3)7-8-18(22)4/h7-12,14,16,21H,13,15H2,1-6H3,(H,24,26)/t21-/m0/s1. The molecule has 1 atom stereocenters. The van der Waals surface area contributed by atoms with E-state index in [1.807, 2.05) is 50.2 Å². The summed E-state index contributed by atoms with van der Waals surface area (Å²) in [6.07, 6.45) is 1.86. The van der Waals surface area contributed by atoms with Crippen LogP contribution in [0.5, 0.6) is 5.75 Å². The molecular weight excluding hydrogens is 400 g/mol. The van der Waals surface area contributed by atoms with Crippen molar-refractivity contribution in [2.24, 2.45) is 5.92 Å². The first-order valence-corrected chi connectivity index (χ1v) is 11.8. The number of ether oxygens (including phenoxy) is 1. The van der Waals surface area contributed by atoms with Crippen LogP contribution in [-0.4, -0.2) is 34.2 Å². The lowest BCUT2D eigenvalue weighted by Crippen LogP contribution is -2.42. The van der Waals surface area contributed by atoms with Crippen LogP contribution in [0.1, 0.15) is 43.0 Å². The summed E-state index contributed by atoms with van der Waals surface area (Å²) >= 11 is 0. The van der Waals surface area contributed by atoms with Crippen molar-refractivity contribution in [1.29, 1.82) is 0 Å². The number of nitrogens with zero attached hydrogens (tertiary/aromatic N) is 1. The van der Waals surface area contributed by atoms with Crippen LogP contribution in [0, 0.1) is 19.8 Å². The molecule has 6 nitrogen and oxygen atoms in total. The Balaban J connectivity index is 2.27. The number of nitrogens with one attached hydrogen (secondary N) is 1. The van der Waals surface area contributed by atoms with Crippen molar-refractivity contribution in [3.8, 4) is 5.75 Å². The van der Waals surface area contributed by atoms with Gasteiger partial charge in [-0.1, -0.05) is 38.1 Å². The first kappa shape index (κ1) is 23.7. The highest BCUT2D eigenvalue weighted by atomic mass is 32.2. The van der Waals surface area contributed by atoms with Crippen molar-refractivity contribution in [2.45, 2.75) is 40.2 Å². The van der Waals surface area contributed by atoms with Crippen LogP contribution in [0.25, 0.3) is 0 Å². The van der Waals surface area contributed by atoms with Crippen LogP contribution in [0.4, 0.5) is 5.69 Å². The molecule has 0 saturated carbocycles. The predicted octanol–water partition coefficient (Wildman–Crippen LogP) is 3.98. The molecule has 2 rings (SSSR count). The number of hydrogen-bond donors (Lipinski definition) is 1. The third kappa shape index (κ3) is 6.49. The average molecular weight is 433 g/mol. The first-order valence-electron chi connectivity index (χ1n) is 9.99. The van der Waals surface area contributed by atoms with E-state index in [0.29, 0.717) is 11.6 Å². The van der Waals surface area contributed by atoms with Gasteiger partial charge in [0.2, 0.25) is 15.9 Å². The van der Waals surface area contributed by atoms with E-state index in [1.54, 1.807) is 13.2 Å². The van der Waals surface area contributed by atoms with E-state index in [1.165, 1.54) is 4.31 Å². The number of hydrogen-bond acceptors (Lipinski definition) is 4. The monoisotopic (exact) mass is 432 g/mol. The lowest BCUT2D eigenvalue weighted by atomic mass is 9.97. The van der Waals surface area contributed by atoms with Gasteiger partial charge in [0.05, 0.1) is 25.1 Å². The second kappa shape index (κ2) is 9.98. The highest BCUT2D eigenvalue weighted by molar-refractivity contribution is 7.92. The normalized spacial score (nSPS) is 12.5. The van der Waals surface area contributed by atoms with E-state index in [2.05, 4.69) is 19.2 Å². The molecule has 2 aromatic rings. The highest BCUT2D eigenvalue weighted by Crippen LogP contribution is 2.26. The van der Waals surface area contributed by atoms with Crippen molar-refractivity contribution in [3.63, 3.8) is 0 Å². The van der Waals surface area contributed by atoms with E-state index >= 15 is 0 Å². The molecule has 0 bridgehead atoms. The Morgan fingerprint density at radius 2 is 1.73 bits per heavy atom. The molecule has 164 valence electrons. The molecule has 0 heterocycles. The Morgan fingerprint density at radius 3 is 2.27 bits per heavy atom. The molecule has 0 aliphatic carbocycles. The number of carbonyl (C=O) groups excluding carboxylic acids is 1. The molecule has 0 aliphatic heterocycles. The molecule has 30 heavy (non-hydrogen) atoms. The molecular formula is C23H32N2O4S. The topological polar surface area (TPSA) is 75.7 Å². The van der Waals surface area contributed by atoms with Gasteiger partial charge in [0.1, 0.15) is 12.3 Å². The summed E-state index contributed by atoms with van der Waals surface area (Å²) in [5.74, 6) is 0.747. The summed E-state index contributed by atoms with van der Waals surface area (Å²) in [6, 6.07) is 12.9. The molecule has 1 N–H and O–H groups in total. The maximum atomic E-state index is 12.9. The number of methoxy groups -OCH3 is 1. The van der Waals surface area contributed by atoms with Gasteiger partial charge in [-0.15, -0.1) is 0 Å². The van der Waals surface area contributed by atoms with Gasteiger partial charge in [-0.2, -0.15) is 0 Å². The summed E-state index contributed by atoms with van der Waals surface area (Å²) in [6.45, 7) is 7.63. The molecule has 0 radical (unpaired) electrons. The van der Waals surface area contributed by atoms with Gasteiger partial charge < -0.3 is 10.1 Å². The molecule has 0 fully saturated rings. The highest BCUT2D eigenvalue weighted by Gasteiger charge is 2.24. The summed E-state index contributed by atoms with van der Waals surface area (Å²) in [5, 5.41) is 3.02. The van der Waals surface area contributed by atoms with Gasteiger partial charge in [0.15, 0.2) is 0 Å². The summed E-state index contributed by atoms with van der Waals surface area (Å²) in [5.41, 5.74) is 3.21. The predicted molar refractivity (Wildman–Crippen MR) is 121 cm³/mol. The van der Waals surface area contributed by atoms with Gasteiger partial charge >= 0.3 is 0 Å². The number of carbonyl (C=O) groups is 1. The fraction of sp³-hybridized carbons (Fsp3) is 0.435. The van der Waals surface area contributed by atoms with Crippen LogP contribution < -0.4 is 14.4 Å². The minimum atomic E-state index is -3.63. The Morgan fingerprint density at radius 1 is 1.10 bits per heavy atom. The van der Waals surface area contributed by atoms with Crippen molar-refractivity contribution < 1.29 is 17.9 Å². The third-order valence-corrected chi connectivity index (χ3v) is 6.01. The molecule has 0 unspecified atom stereocenters. The van der Waals surface area contributed by atoms with Crippen LogP contribution in [0.3, 0.4) is 0 Å². The summed E-state index contributed by atoms with van der Waals surface area (Å²) in [7, 11) is -2.02. The van der Waals surface area contributed by atoms with Gasteiger partial charge in [0, 0.05) is 0 Å².